The standard InChI is InChI=1S/C15H12ClN5O3/c16-11-4-3-9(21(23)24)7-10(11)15-18-12-5-1-8(14(17)20-22)2-6-13(12)19-15/h1,3-7,22H,2H2,(H2,17,20)(H,18,19). The first kappa shape index (κ1) is 15.8. The number of nitrogens with two attached hydrogens (primary N) is 1. The molecule has 1 aliphatic rings. The van der Waals surface area contributed by atoms with Crippen molar-refractivity contribution < 1.29 is 10.1 Å². The van der Waals surface area contributed by atoms with E-state index in [-0.39, 0.29) is 11.5 Å². The van der Waals surface area contributed by atoms with Gasteiger partial charge in [-0.25, -0.2) is 4.98 Å². The second-order valence-corrected chi connectivity index (χ2v) is 5.46. The summed E-state index contributed by atoms with van der Waals surface area (Å²) in [6, 6.07) is 4.18. The van der Waals surface area contributed by atoms with Crippen molar-refractivity contribution in [2.75, 3.05) is 0 Å². The van der Waals surface area contributed by atoms with Crippen molar-refractivity contribution >= 4 is 35.3 Å². The summed E-state index contributed by atoms with van der Waals surface area (Å²) in [5.41, 5.74) is 6.62. The minimum Gasteiger partial charge on any atom is -0.409 e. The molecule has 2 aromatic rings. The molecule has 1 heterocycles. The number of non-ortho nitro benzene ring substituents is 1. The molecule has 4 N–H and O–H groups in total. The van der Waals surface area contributed by atoms with E-state index in [1.54, 1.807) is 12.2 Å². The van der Waals surface area contributed by atoms with Crippen LogP contribution < -0.4 is 16.4 Å². The number of oxime groups is 1. The average Bonchev–Trinajstić information content (AvgIpc) is 2.87. The summed E-state index contributed by atoms with van der Waals surface area (Å²) >= 11 is 6.14. The molecular formula is C15H12ClN5O3. The van der Waals surface area contributed by atoms with Gasteiger partial charge in [-0.2, -0.15) is 0 Å². The normalized spacial score (nSPS) is 14.0. The second-order valence-electron chi connectivity index (χ2n) is 5.06. The number of hydrogen-bond acceptors (Lipinski definition) is 5. The van der Waals surface area contributed by atoms with Crippen LogP contribution in [0.25, 0.3) is 23.5 Å². The van der Waals surface area contributed by atoms with E-state index in [9.17, 15) is 10.1 Å². The topological polar surface area (TPSA) is 130 Å². The van der Waals surface area contributed by atoms with Gasteiger partial charge in [0.25, 0.3) is 5.69 Å². The van der Waals surface area contributed by atoms with E-state index >= 15 is 0 Å². The number of rotatable bonds is 3. The van der Waals surface area contributed by atoms with Gasteiger partial charge in [0, 0.05) is 23.3 Å². The Morgan fingerprint density at radius 2 is 2.25 bits per heavy atom. The zero-order valence-electron chi connectivity index (χ0n) is 12.2. The summed E-state index contributed by atoms with van der Waals surface area (Å²) in [7, 11) is 0. The highest BCUT2D eigenvalue weighted by atomic mass is 35.5. The zero-order chi connectivity index (χ0) is 17.3. The van der Waals surface area contributed by atoms with Gasteiger partial charge in [0.05, 0.1) is 20.6 Å². The smallest absolute Gasteiger partial charge is 0.270 e. The van der Waals surface area contributed by atoms with Crippen LogP contribution in [0.5, 0.6) is 0 Å². The fourth-order valence-electron chi connectivity index (χ4n) is 2.33. The van der Waals surface area contributed by atoms with Crippen molar-refractivity contribution in [3.05, 3.63) is 55.7 Å². The van der Waals surface area contributed by atoms with Gasteiger partial charge in [-0.1, -0.05) is 28.9 Å². The van der Waals surface area contributed by atoms with Gasteiger partial charge in [-0.3, -0.25) is 10.1 Å². The van der Waals surface area contributed by atoms with Crippen molar-refractivity contribution in [1.29, 1.82) is 0 Å². The Balaban J connectivity index is 2.10. The van der Waals surface area contributed by atoms with Gasteiger partial charge < -0.3 is 15.9 Å². The minimum absolute atomic E-state index is 0.0367. The van der Waals surface area contributed by atoms with Gasteiger partial charge in [0.2, 0.25) is 0 Å². The molecule has 9 heteroatoms. The van der Waals surface area contributed by atoms with E-state index < -0.39 is 4.92 Å². The van der Waals surface area contributed by atoms with Crippen LogP contribution in [0, 0.1) is 10.1 Å². The number of imidazole rings is 1. The Bertz CT molecular complexity index is 1010. The molecule has 0 saturated carbocycles. The number of amidine groups is 1. The quantitative estimate of drug-likeness (QED) is 0.253. The summed E-state index contributed by atoms with van der Waals surface area (Å²) < 4.78 is 0. The lowest BCUT2D eigenvalue weighted by Gasteiger charge is -2.00. The molecule has 0 fully saturated rings. The Morgan fingerprint density at radius 3 is 2.96 bits per heavy atom. The molecular weight excluding hydrogens is 334 g/mol. The van der Waals surface area contributed by atoms with Crippen LogP contribution in [0.15, 0.2) is 35.0 Å². The highest BCUT2D eigenvalue weighted by Crippen LogP contribution is 2.28. The lowest BCUT2D eigenvalue weighted by atomic mass is 10.1. The van der Waals surface area contributed by atoms with Crippen LogP contribution in [0.3, 0.4) is 0 Å². The van der Waals surface area contributed by atoms with Gasteiger partial charge in [-0.15, -0.1) is 0 Å². The van der Waals surface area contributed by atoms with E-state index in [0.717, 1.165) is 0 Å². The number of hydrogen-bond donors (Lipinski definition) is 3. The van der Waals surface area contributed by atoms with Crippen LogP contribution in [-0.4, -0.2) is 25.9 Å². The molecule has 1 aliphatic carbocycles. The molecule has 122 valence electrons. The maximum Gasteiger partial charge on any atom is 0.270 e. The number of halogens is 1. The Hall–Kier alpha value is -3.13. The zero-order valence-corrected chi connectivity index (χ0v) is 13.0. The molecule has 1 aromatic heterocycles. The van der Waals surface area contributed by atoms with Gasteiger partial charge >= 0.3 is 0 Å². The molecule has 0 amide bonds. The van der Waals surface area contributed by atoms with Crippen LogP contribution in [0.4, 0.5) is 5.69 Å². The highest BCUT2D eigenvalue weighted by Gasteiger charge is 2.14. The second kappa shape index (κ2) is 6.17. The third-order valence-corrected chi connectivity index (χ3v) is 3.91. The largest absolute Gasteiger partial charge is 0.409 e. The lowest BCUT2D eigenvalue weighted by molar-refractivity contribution is -0.384. The molecule has 0 spiro atoms. The van der Waals surface area contributed by atoms with E-state index in [0.29, 0.717) is 39.1 Å². The number of nitrogens with zero attached hydrogens (tertiary/aromatic N) is 3. The van der Waals surface area contributed by atoms with Crippen molar-refractivity contribution in [1.82, 2.24) is 9.97 Å². The summed E-state index contributed by atoms with van der Waals surface area (Å²) in [4.78, 5) is 18.0. The van der Waals surface area contributed by atoms with Crippen molar-refractivity contribution in [2.45, 2.75) is 6.42 Å². The molecule has 1 aromatic carbocycles. The lowest BCUT2D eigenvalue weighted by Crippen LogP contribution is -2.23. The van der Waals surface area contributed by atoms with E-state index in [4.69, 9.17) is 22.5 Å². The summed E-state index contributed by atoms with van der Waals surface area (Å²) in [5.74, 6) is 0.469. The van der Waals surface area contributed by atoms with Gasteiger partial charge in [-0.05, 0) is 18.6 Å². The molecule has 3 rings (SSSR count). The first-order valence-corrected chi connectivity index (χ1v) is 7.26. The number of nitrogens with one attached hydrogen (secondary N) is 1. The number of H-pyrrole nitrogens is 1. The van der Waals surface area contributed by atoms with Crippen LogP contribution in [0.2, 0.25) is 5.02 Å². The molecule has 0 bridgehead atoms. The Labute approximate surface area is 140 Å². The predicted molar refractivity (Wildman–Crippen MR) is 90.0 cm³/mol. The third-order valence-electron chi connectivity index (χ3n) is 3.58. The summed E-state index contributed by atoms with van der Waals surface area (Å²) in [5, 5.41) is 24.4. The van der Waals surface area contributed by atoms with Crippen LogP contribution in [-0.2, 0) is 0 Å². The van der Waals surface area contributed by atoms with Crippen molar-refractivity contribution in [3.63, 3.8) is 0 Å². The SMILES string of the molecule is N/C(=N/O)C1=CC=c2[nH]c(-c3cc([N+](=O)[O-])ccc3Cl)nc2=CC1. The summed E-state index contributed by atoms with van der Waals surface area (Å²) in [6.45, 7) is 0. The van der Waals surface area contributed by atoms with Crippen molar-refractivity contribution in [3.8, 4) is 11.4 Å². The number of benzene rings is 1. The number of allylic oxidation sites excluding steroid dienone is 1. The predicted octanol–water partition coefficient (Wildman–Crippen LogP) is 1.28. The highest BCUT2D eigenvalue weighted by molar-refractivity contribution is 6.33. The number of nitro benzene ring substituents is 1. The van der Waals surface area contributed by atoms with Gasteiger partial charge in [0.1, 0.15) is 5.82 Å². The third kappa shape index (κ3) is 2.86. The van der Waals surface area contributed by atoms with Gasteiger partial charge in [0.15, 0.2) is 5.84 Å². The number of aromatic amines is 1. The fraction of sp³-hybridized carbons (Fsp3) is 0.0667. The summed E-state index contributed by atoms with van der Waals surface area (Å²) in [6.07, 6.45) is 5.71. The van der Waals surface area contributed by atoms with Crippen molar-refractivity contribution in [2.24, 2.45) is 10.9 Å². The van der Waals surface area contributed by atoms with Crippen LogP contribution in [0.1, 0.15) is 6.42 Å². The maximum absolute atomic E-state index is 10.9. The number of aromatic nitrogens is 2. The van der Waals surface area contributed by atoms with E-state index in [1.165, 1.54) is 18.2 Å². The molecule has 0 unspecified atom stereocenters. The average molecular weight is 346 g/mol. The first-order valence-electron chi connectivity index (χ1n) is 6.89. The Kier molecular flexibility index (Phi) is 4.05. The number of nitro groups is 1. The monoisotopic (exact) mass is 345 g/mol. The first-order chi connectivity index (χ1) is 11.5. The van der Waals surface area contributed by atoms with Crippen LogP contribution >= 0.6 is 11.6 Å². The fourth-order valence-corrected chi connectivity index (χ4v) is 2.54. The minimum atomic E-state index is -0.488. The molecule has 0 atom stereocenters. The molecule has 24 heavy (non-hydrogen) atoms. The molecule has 0 radical (unpaired) electrons. The van der Waals surface area contributed by atoms with E-state index in [2.05, 4.69) is 15.1 Å². The Morgan fingerprint density at radius 1 is 1.46 bits per heavy atom. The maximum atomic E-state index is 10.9. The molecule has 0 saturated heterocycles. The molecule has 0 aliphatic heterocycles. The molecule has 8 nitrogen and oxygen atoms in total. The number of fused-ring (bicyclic) bond motifs is 1. The van der Waals surface area contributed by atoms with E-state index in [1.807, 2.05) is 6.08 Å².